The second-order valence-corrected chi connectivity index (χ2v) is 16.8. The molecule has 0 spiro atoms. The largest absolute Gasteiger partial charge is 0.407 e. The second-order valence-electron chi connectivity index (χ2n) is 13.4. The van der Waals surface area contributed by atoms with Crippen LogP contribution in [0.25, 0.3) is 17.2 Å². The molecule has 0 aliphatic carbocycles. The van der Waals surface area contributed by atoms with Crippen molar-refractivity contribution in [2.45, 2.75) is 66.0 Å². The lowest BCUT2D eigenvalue weighted by molar-refractivity contribution is -0.116. The van der Waals surface area contributed by atoms with Crippen molar-refractivity contribution in [3.05, 3.63) is 147 Å². The van der Waals surface area contributed by atoms with Crippen molar-refractivity contribution in [1.82, 2.24) is 10.6 Å². The van der Waals surface area contributed by atoms with E-state index in [-0.39, 0.29) is 17.2 Å². The van der Waals surface area contributed by atoms with Crippen LogP contribution in [0.15, 0.2) is 109 Å². The molecule has 258 valence electrons. The van der Waals surface area contributed by atoms with Crippen LogP contribution in [0.2, 0.25) is 0 Å². The van der Waals surface area contributed by atoms with Crippen molar-refractivity contribution in [2.24, 2.45) is 0 Å². The minimum absolute atomic E-state index is 0.0646. The SMILES string of the molecule is CCc1c(CO[SiH](c2ccccc2)c2ccccc2)cc(-c2ccsc2CNC(=O)C=Cc2ccc(C(=O)NC)cc2)c(CC)c1C(C)(C)C. The van der Waals surface area contributed by atoms with Crippen LogP contribution in [0.4, 0.5) is 0 Å². The van der Waals surface area contributed by atoms with Gasteiger partial charge in [0.05, 0.1) is 13.2 Å². The number of amides is 2. The van der Waals surface area contributed by atoms with Gasteiger partial charge in [-0.25, -0.2) is 0 Å². The van der Waals surface area contributed by atoms with Gasteiger partial charge in [0.15, 0.2) is 0 Å². The maximum absolute atomic E-state index is 12.9. The number of carbonyl (C=O) groups is 2. The first-order chi connectivity index (χ1) is 24.1. The second kappa shape index (κ2) is 16.9. The van der Waals surface area contributed by atoms with Gasteiger partial charge in [-0.2, -0.15) is 0 Å². The summed E-state index contributed by atoms with van der Waals surface area (Å²) in [6.45, 7) is 12.4. The van der Waals surface area contributed by atoms with Crippen molar-refractivity contribution >= 4 is 48.6 Å². The topological polar surface area (TPSA) is 67.4 Å². The summed E-state index contributed by atoms with van der Waals surface area (Å²) in [5.74, 6) is -0.306. The van der Waals surface area contributed by atoms with Gasteiger partial charge in [-0.05, 0) is 103 Å². The van der Waals surface area contributed by atoms with E-state index >= 15 is 0 Å². The molecule has 5 rings (SSSR count). The molecule has 0 saturated heterocycles. The lowest BCUT2D eigenvalue weighted by atomic mass is 9.75. The molecule has 1 aromatic heterocycles. The Balaban J connectivity index is 1.44. The summed E-state index contributed by atoms with van der Waals surface area (Å²) in [7, 11) is -0.341. The molecule has 50 heavy (non-hydrogen) atoms. The van der Waals surface area contributed by atoms with E-state index < -0.39 is 9.04 Å². The van der Waals surface area contributed by atoms with Crippen LogP contribution >= 0.6 is 11.3 Å². The Morgan fingerprint density at radius 3 is 2.00 bits per heavy atom. The predicted octanol–water partition coefficient (Wildman–Crippen LogP) is 7.58. The monoisotopic (exact) mass is 700 g/mol. The fourth-order valence-electron chi connectivity index (χ4n) is 6.69. The molecule has 2 amide bonds. The molecule has 0 fully saturated rings. The van der Waals surface area contributed by atoms with Crippen LogP contribution in [-0.2, 0) is 40.6 Å². The Bertz CT molecular complexity index is 1890. The third-order valence-electron chi connectivity index (χ3n) is 8.99. The molecule has 0 saturated carbocycles. The normalized spacial score (nSPS) is 11.7. The van der Waals surface area contributed by atoms with E-state index in [1.807, 2.05) is 12.1 Å². The first-order valence-corrected chi connectivity index (χ1v) is 19.9. The van der Waals surface area contributed by atoms with E-state index in [4.69, 9.17) is 4.43 Å². The van der Waals surface area contributed by atoms with E-state index in [1.165, 1.54) is 38.2 Å². The maximum Gasteiger partial charge on any atom is 0.251 e. The molecule has 0 atom stereocenters. The summed E-state index contributed by atoms with van der Waals surface area (Å²) in [4.78, 5) is 25.9. The molecule has 0 aliphatic heterocycles. The highest BCUT2D eigenvalue weighted by molar-refractivity contribution is 7.10. The van der Waals surface area contributed by atoms with Crippen molar-refractivity contribution in [1.29, 1.82) is 0 Å². The van der Waals surface area contributed by atoms with Crippen LogP contribution in [0.5, 0.6) is 0 Å². The smallest absolute Gasteiger partial charge is 0.251 e. The molecule has 1 heterocycles. The van der Waals surface area contributed by atoms with Gasteiger partial charge >= 0.3 is 0 Å². The van der Waals surface area contributed by atoms with Gasteiger partial charge in [0, 0.05) is 23.6 Å². The average molecular weight is 701 g/mol. The van der Waals surface area contributed by atoms with Crippen LogP contribution in [0, 0.1) is 0 Å². The molecule has 5 nitrogen and oxygen atoms in total. The molecule has 2 N–H and O–H groups in total. The Labute approximate surface area is 303 Å². The minimum Gasteiger partial charge on any atom is -0.407 e. The van der Waals surface area contributed by atoms with Gasteiger partial charge in [-0.1, -0.05) is 107 Å². The zero-order valence-corrected chi connectivity index (χ0v) is 32.0. The summed E-state index contributed by atoms with van der Waals surface area (Å²) in [6, 6.07) is 33.0. The van der Waals surface area contributed by atoms with Crippen LogP contribution in [-0.4, -0.2) is 27.9 Å². The van der Waals surface area contributed by atoms with Crippen LogP contribution in [0.3, 0.4) is 0 Å². The molecular weight excluding hydrogens is 653 g/mol. The van der Waals surface area contributed by atoms with E-state index in [0.29, 0.717) is 18.7 Å². The van der Waals surface area contributed by atoms with Gasteiger partial charge in [0.25, 0.3) is 5.91 Å². The van der Waals surface area contributed by atoms with E-state index in [9.17, 15) is 9.59 Å². The Morgan fingerprint density at radius 2 is 1.44 bits per heavy atom. The zero-order chi connectivity index (χ0) is 35.7. The highest BCUT2D eigenvalue weighted by Crippen LogP contribution is 2.41. The van der Waals surface area contributed by atoms with Crippen molar-refractivity contribution in [3.8, 4) is 11.1 Å². The molecule has 5 aromatic rings. The summed E-state index contributed by atoms with van der Waals surface area (Å²) >= 11 is 1.67. The molecule has 4 aromatic carbocycles. The highest BCUT2D eigenvalue weighted by Gasteiger charge is 2.27. The van der Waals surface area contributed by atoms with Gasteiger partial charge < -0.3 is 15.1 Å². The molecule has 0 aliphatic rings. The van der Waals surface area contributed by atoms with Gasteiger partial charge in [-0.15, -0.1) is 11.3 Å². The third-order valence-corrected chi connectivity index (χ3v) is 12.4. The number of hydrogen-bond donors (Lipinski definition) is 2. The Hall–Kier alpha value is -4.56. The summed E-state index contributed by atoms with van der Waals surface area (Å²) in [5, 5.41) is 10.4. The first kappa shape index (κ1) is 36.7. The third kappa shape index (κ3) is 8.77. The maximum atomic E-state index is 12.9. The minimum atomic E-state index is -1.95. The first-order valence-electron chi connectivity index (χ1n) is 17.4. The number of nitrogens with one attached hydrogen (secondary N) is 2. The molecule has 7 heteroatoms. The Morgan fingerprint density at radius 1 is 0.820 bits per heavy atom. The van der Waals surface area contributed by atoms with E-state index in [2.05, 4.69) is 123 Å². The zero-order valence-electron chi connectivity index (χ0n) is 30.0. The van der Waals surface area contributed by atoms with Crippen molar-refractivity contribution < 1.29 is 14.0 Å². The highest BCUT2D eigenvalue weighted by atomic mass is 32.1. The number of hydrogen-bond acceptors (Lipinski definition) is 4. The standard InChI is InChI=1S/C43H48N2O3SSi/c1-7-35-32(29-48-50(33-15-11-9-12-16-33)34-17-13-10-14-18-34)27-38(36(8-2)41(35)43(3,4)5)37-25-26-49-39(37)28-45-40(46)24-21-30-19-22-31(23-20-30)42(47)44-6/h9-27,50H,7-8,28-29H2,1-6H3,(H,44,47)(H,45,46). The summed E-state index contributed by atoms with van der Waals surface area (Å²) in [5.41, 5.74) is 9.14. The Kier molecular flexibility index (Phi) is 12.4. The van der Waals surface area contributed by atoms with Gasteiger partial charge in [-0.3, -0.25) is 9.59 Å². The van der Waals surface area contributed by atoms with E-state index in [0.717, 1.165) is 28.8 Å². The lowest BCUT2D eigenvalue weighted by Crippen LogP contribution is -2.44. The fraction of sp³-hybridized carbons (Fsp3) is 0.256. The molecule has 0 unspecified atom stereocenters. The van der Waals surface area contributed by atoms with Gasteiger partial charge in [0.1, 0.15) is 0 Å². The fourth-order valence-corrected chi connectivity index (χ4v) is 9.78. The van der Waals surface area contributed by atoms with Crippen LogP contribution < -0.4 is 21.0 Å². The molecule has 0 radical (unpaired) electrons. The van der Waals surface area contributed by atoms with Crippen molar-refractivity contribution in [3.63, 3.8) is 0 Å². The van der Waals surface area contributed by atoms with E-state index in [1.54, 1.807) is 42.7 Å². The predicted molar refractivity (Wildman–Crippen MR) is 212 cm³/mol. The average Bonchev–Trinajstić information content (AvgIpc) is 3.61. The summed E-state index contributed by atoms with van der Waals surface area (Å²) in [6.07, 6.45) is 5.14. The van der Waals surface area contributed by atoms with Crippen molar-refractivity contribution in [2.75, 3.05) is 7.05 Å². The molecular formula is C43H48N2O3SSi. The summed E-state index contributed by atoms with van der Waals surface area (Å²) < 4.78 is 7.01. The number of carbonyl (C=O) groups excluding carboxylic acids is 2. The number of rotatable bonds is 13. The number of benzene rings is 4. The van der Waals surface area contributed by atoms with Gasteiger partial charge in [0.2, 0.25) is 14.9 Å². The lowest BCUT2D eigenvalue weighted by Gasteiger charge is -2.31. The number of thiophene rings is 1. The quantitative estimate of drug-likeness (QED) is 0.0984. The molecule has 0 bridgehead atoms. The van der Waals surface area contributed by atoms with Crippen LogP contribution in [0.1, 0.15) is 77.7 Å².